The molecule has 1 fully saturated rings. The molecule has 1 rings (SSSR count). The monoisotopic (exact) mass is 602 g/mol. The molecule has 0 aromatic carbocycles. The molecule has 32 heavy (non-hydrogen) atoms. The van der Waals surface area contributed by atoms with Gasteiger partial charge >= 0.3 is 11.9 Å². The van der Waals surface area contributed by atoms with Gasteiger partial charge in [-0.1, -0.05) is 64.1 Å². The molecule has 188 valence electrons. The summed E-state index contributed by atoms with van der Waals surface area (Å²) in [7, 11) is -4.24. The fourth-order valence-electron chi connectivity index (χ4n) is 3.54. The summed E-state index contributed by atoms with van der Waals surface area (Å²) in [6.45, 7) is 20.3. The van der Waals surface area contributed by atoms with Crippen molar-refractivity contribution in [3.8, 4) is 0 Å². The molecule has 1 aliphatic heterocycles. The highest BCUT2D eigenvalue weighted by Gasteiger charge is 2.53. The van der Waals surface area contributed by atoms with E-state index in [4.69, 9.17) is 23.1 Å². The van der Waals surface area contributed by atoms with Crippen LogP contribution in [-0.2, 0) is 32.7 Å². The van der Waals surface area contributed by atoms with Gasteiger partial charge in [-0.2, -0.15) is 0 Å². The van der Waals surface area contributed by atoms with Crippen LogP contribution < -0.4 is 0 Å². The minimum absolute atomic E-state index is 0.0220. The molecule has 0 amide bonds. The fourth-order valence-corrected chi connectivity index (χ4v) is 8.87. The first kappa shape index (κ1) is 30.0. The van der Waals surface area contributed by atoms with Gasteiger partial charge in [0.2, 0.25) is 6.29 Å². The van der Waals surface area contributed by atoms with Crippen LogP contribution in [0, 0.1) is 0 Å². The van der Waals surface area contributed by atoms with E-state index < -0.39 is 47.1 Å². The highest BCUT2D eigenvalue weighted by molar-refractivity contribution is 14.1. The topological polar surface area (TPSA) is 80.3 Å². The van der Waals surface area contributed by atoms with Crippen molar-refractivity contribution in [3.05, 3.63) is 0 Å². The Bertz CT molecular complexity index is 622. The summed E-state index contributed by atoms with van der Waals surface area (Å²) in [5.74, 6) is -0.812. The SMILES string of the molecule is CC[Si](CC)(CC)O[C@H]1[C@H](O[Si](C)(C)C(C)(C)C)[C@@H](COC(C)=O)OC(OC(C)=O)[C@@H]1I. The minimum atomic E-state index is -2.22. The Hall–Kier alpha value is -0.0162. The lowest BCUT2D eigenvalue weighted by Gasteiger charge is -2.50. The van der Waals surface area contributed by atoms with Crippen LogP contribution in [0.25, 0.3) is 0 Å². The Morgan fingerprint density at radius 3 is 1.88 bits per heavy atom. The minimum Gasteiger partial charge on any atom is -0.463 e. The molecule has 1 unspecified atom stereocenters. The molecular formula is C22H43IO7Si2. The summed E-state index contributed by atoms with van der Waals surface area (Å²) in [6.07, 6.45) is -2.16. The number of carbonyl (C=O) groups is 2. The lowest BCUT2D eigenvalue weighted by atomic mass is 10.0. The van der Waals surface area contributed by atoms with Crippen molar-refractivity contribution in [1.29, 1.82) is 0 Å². The predicted octanol–water partition coefficient (Wildman–Crippen LogP) is 5.42. The van der Waals surface area contributed by atoms with Crippen LogP contribution in [0.5, 0.6) is 0 Å². The number of alkyl halides is 1. The summed E-state index contributed by atoms with van der Waals surface area (Å²) in [4.78, 5) is 23.4. The quantitative estimate of drug-likeness (QED) is 0.143. The van der Waals surface area contributed by atoms with Gasteiger partial charge in [0, 0.05) is 13.8 Å². The van der Waals surface area contributed by atoms with E-state index in [9.17, 15) is 9.59 Å². The Morgan fingerprint density at radius 1 is 0.938 bits per heavy atom. The summed E-state index contributed by atoms with van der Waals surface area (Å²) in [5.41, 5.74) is 0. The van der Waals surface area contributed by atoms with E-state index in [2.05, 4.69) is 77.2 Å². The van der Waals surface area contributed by atoms with Gasteiger partial charge in [0.1, 0.15) is 22.7 Å². The summed E-state index contributed by atoms with van der Waals surface area (Å²) >= 11 is 2.27. The van der Waals surface area contributed by atoms with Crippen LogP contribution >= 0.6 is 22.6 Å². The molecular weight excluding hydrogens is 559 g/mol. The first-order valence-corrected chi connectivity index (χ1v) is 18.3. The van der Waals surface area contributed by atoms with E-state index in [1.807, 2.05) is 0 Å². The molecule has 0 N–H and O–H groups in total. The van der Waals surface area contributed by atoms with Gasteiger partial charge in [-0.3, -0.25) is 9.59 Å². The van der Waals surface area contributed by atoms with E-state index in [0.717, 1.165) is 18.1 Å². The van der Waals surface area contributed by atoms with Crippen molar-refractivity contribution in [2.75, 3.05) is 6.61 Å². The molecule has 1 saturated heterocycles. The summed E-state index contributed by atoms with van der Waals surface area (Å²) < 4.78 is 30.6. The Kier molecular flexibility index (Phi) is 11.3. The molecule has 0 bridgehead atoms. The van der Waals surface area contributed by atoms with E-state index in [1.165, 1.54) is 13.8 Å². The first-order chi connectivity index (χ1) is 14.6. The van der Waals surface area contributed by atoms with Gasteiger partial charge in [0.25, 0.3) is 0 Å². The average Bonchev–Trinajstić information content (AvgIpc) is 2.68. The van der Waals surface area contributed by atoms with E-state index >= 15 is 0 Å². The zero-order valence-electron chi connectivity index (χ0n) is 21.5. The summed E-state index contributed by atoms with van der Waals surface area (Å²) in [5, 5.41) is -0.0220. The Morgan fingerprint density at radius 2 is 1.47 bits per heavy atom. The predicted molar refractivity (Wildman–Crippen MR) is 139 cm³/mol. The second-order valence-electron chi connectivity index (χ2n) is 10.1. The number of rotatable bonds is 10. The molecule has 10 heteroatoms. The molecule has 0 aromatic rings. The second kappa shape index (κ2) is 12.1. The zero-order valence-corrected chi connectivity index (χ0v) is 25.6. The molecule has 0 aromatic heterocycles. The van der Waals surface area contributed by atoms with Gasteiger partial charge in [0.15, 0.2) is 16.6 Å². The van der Waals surface area contributed by atoms with E-state index in [0.29, 0.717) is 0 Å². The molecule has 5 atom stereocenters. The van der Waals surface area contributed by atoms with Gasteiger partial charge in [-0.15, -0.1) is 0 Å². The normalized spacial score (nSPS) is 27.2. The number of ether oxygens (including phenoxy) is 3. The van der Waals surface area contributed by atoms with Crippen LogP contribution in [0.2, 0.25) is 36.3 Å². The number of hydrogen-bond donors (Lipinski definition) is 0. The maximum Gasteiger partial charge on any atom is 0.304 e. The van der Waals surface area contributed by atoms with Crippen LogP contribution in [-0.4, -0.2) is 63.7 Å². The van der Waals surface area contributed by atoms with Gasteiger partial charge in [0.05, 0.1) is 6.10 Å². The van der Waals surface area contributed by atoms with Crippen LogP contribution in [0.1, 0.15) is 55.4 Å². The maximum atomic E-state index is 11.8. The van der Waals surface area contributed by atoms with E-state index in [-0.39, 0.29) is 21.7 Å². The van der Waals surface area contributed by atoms with Crippen LogP contribution in [0.3, 0.4) is 0 Å². The lowest BCUT2D eigenvalue weighted by Crippen LogP contribution is -2.64. The number of halogens is 1. The van der Waals surface area contributed by atoms with Crippen molar-refractivity contribution in [1.82, 2.24) is 0 Å². The second-order valence-corrected chi connectivity index (χ2v) is 21.0. The van der Waals surface area contributed by atoms with Crippen molar-refractivity contribution >= 4 is 51.2 Å². The van der Waals surface area contributed by atoms with Crippen molar-refractivity contribution < 1.29 is 32.7 Å². The van der Waals surface area contributed by atoms with Gasteiger partial charge in [-0.25, -0.2) is 0 Å². The fraction of sp³-hybridized carbons (Fsp3) is 0.909. The van der Waals surface area contributed by atoms with Gasteiger partial charge in [-0.05, 0) is 36.3 Å². The highest BCUT2D eigenvalue weighted by Crippen LogP contribution is 2.42. The molecule has 1 heterocycles. The Balaban J connectivity index is 3.47. The summed E-state index contributed by atoms with van der Waals surface area (Å²) in [6, 6.07) is 2.96. The number of esters is 2. The van der Waals surface area contributed by atoms with Crippen molar-refractivity contribution in [2.45, 2.75) is 120 Å². The molecule has 0 aliphatic carbocycles. The zero-order chi connectivity index (χ0) is 24.9. The number of carbonyl (C=O) groups excluding carboxylic acids is 2. The number of hydrogen-bond acceptors (Lipinski definition) is 7. The molecule has 1 aliphatic rings. The van der Waals surface area contributed by atoms with Crippen LogP contribution in [0.4, 0.5) is 0 Å². The third kappa shape index (κ3) is 7.76. The maximum absolute atomic E-state index is 11.8. The average molecular weight is 603 g/mol. The smallest absolute Gasteiger partial charge is 0.304 e. The molecule has 0 radical (unpaired) electrons. The van der Waals surface area contributed by atoms with Crippen molar-refractivity contribution in [2.24, 2.45) is 0 Å². The van der Waals surface area contributed by atoms with Gasteiger partial charge < -0.3 is 23.1 Å². The molecule has 0 spiro atoms. The lowest BCUT2D eigenvalue weighted by molar-refractivity contribution is -0.241. The van der Waals surface area contributed by atoms with Crippen LogP contribution in [0.15, 0.2) is 0 Å². The highest BCUT2D eigenvalue weighted by atomic mass is 127. The Labute approximate surface area is 210 Å². The molecule has 0 saturated carbocycles. The van der Waals surface area contributed by atoms with E-state index in [1.54, 1.807) is 0 Å². The molecule has 7 nitrogen and oxygen atoms in total. The third-order valence-corrected chi connectivity index (χ3v) is 17.3. The van der Waals surface area contributed by atoms with Crippen molar-refractivity contribution in [3.63, 3.8) is 0 Å². The first-order valence-electron chi connectivity index (χ1n) is 11.6. The standard InChI is InChI=1S/C22H43IO7Si2/c1-11-32(12-2,13-3)30-20-18(23)21(27-16(5)25)28-17(14-26-15(4)24)19(20)29-31(9,10)22(6,7)8/h17-21H,11-14H2,1-10H3/t17-,18-,19-,20-,21?/m1/s1. The largest absolute Gasteiger partial charge is 0.463 e. The third-order valence-electron chi connectivity index (χ3n) is 6.86.